The fraction of sp³-hybridized carbons (Fsp3) is 0.267. The third-order valence-electron chi connectivity index (χ3n) is 3.06. The molecule has 0 aliphatic rings. The lowest BCUT2D eigenvalue weighted by Crippen LogP contribution is -2.33. The number of amides is 1. The van der Waals surface area contributed by atoms with Crippen molar-refractivity contribution >= 4 is 23.5 Å². The lowest BCUT2D eigenvalue weighted by molar-refractivity contribution is -0.139. The Morgan fingerprint density at radius 1 is 1.27 bits per heavy atom. The zero-order valence-corrected chi connectivity index (χ0v) is 12.8. The quantitative estimate of drug-likeness (QED) is 0.882. The summed E-state index contributed by atoms with van der Waals surface area (Å²) in [7, 11) is 0. The lowest BCUT2D eigenvalue weighted by atomic mass is 10.1. The number of benzene rings is 1. The largest absolute Gasteiger partial charge is 0.479 e. The molecule has 1 aromatic heterocycles. The van der Waals surface area contributed by atoms with Crippen LogP contribution in [0.1, 0.15) is 47.6 Å². The molecule has 1 atom stereocenters. The van der Waals surface area contributed by atoms with E-state index in [0.29, 0.717) is 16.3 Å². The molecule has 0 radical (unpaired) electrons. The van der Waals surface area contributed by atoms with Gasteiger partial charge in [0.05, 0.1) is 0 Å². The van der Waals surface area contributed by atoms with E-state index in [2.05, 4.69) is 10.5 Å². The Morgan fingerprint density at radius 3 is 2.41 bits per heavy atom. The highest BCUT2D eigenvalue weighted by molar-refractivity contribution is 6.30. The highest BCUT2D eigenvalue weighted by atomic mass is 35.5. The second-order valence-electron chi connectivity index (χ2n) is 5.07. The predicted molar refractivity (Wildman–Crippen MR) is 79.9 cm³/mol. The van der Waals surface area contributed by atoms with Crippen molar-refractivity contribution in [2.75, 3.05) is 0 Å². The Kier molecular flexibility index (Phi) is 4.82. The average molecular weight is 323 g/mol. The summed E-state index contributed by atoms with van der Waals surface area (Å²) in [6.45, 7) is 3.80. The van der Waals surface area contributed by atoms with E-state index in [9.17, 15) is 14.7 Å². The summed E-state index contributed by atoms with van der Waals surface area (Å²) in [5.41, 5.74) is 0.460. The van der Waals surface area contributed by atoms with E-state index < -0.39 is 17.9 Å². The summed E-state index contributed by atoms with van der Waals surface area (Å²) in [5, 5.41) is 15.9. The Hall–Kier alpha value is -2.34. The van der Waals surface area contributed by atoms with Crippen LogP contribution in [-0.4, -0.2) is 22.1 Å². The van der Waals surface area contributed by atoms with Crippen molar-refractivity contribution < 1.29 is 19.2 Å². The molecule has 0 fully saturated rings. The molecule has 0 saturated heterocycles. The number of aromatic nitrogens is 1. The molecule has 0 saturated carbocycles. The van der Waals surface area contributed by atoms with Crippen molar-refractivity contribution in [2.24, 2.45) is 0 Å². The number of carbonyl (C=O) groups is 2. The lowest BCUT2D eigenvalue weighted by Gasteiger charge is -2.13. The van der Waals surface area contributed by atoms with Gasteiger partial charge in [0.1, 0.15) is 5.76 Å². The molecule has 7 heteroatoms. The molecular weight excluding hydrogens is 308 g/mol. The zero-order chi connectivity index (χ0) is 16.3. The number of halogens is 1. The normalized spacial score (nSPS) is 12.2. The molecule has 0 bridgehead atoms. The van der Waals surface area contributed by atoms with Crippen molar-refractivity contribution in [1.29, 1.82) is 0 Å². The SMILES string of the molecule is CC(C)c1cc(C(=O)NC(C(=O)O)c2ccc(Cl)cc2)no1. The Morgan fingerprint density at radius 2 is 1.91 bits per heavy atom. The minimum Gasteiger partial charge on any atom is -0.479 e. The number of carboxylic acid groups (broad SMARTS) is 1. The highest BCUT2D eigenvalue weighted by Gasteiger charge is 2.24. The predicted octanol–water partition coefficient (Wildman–Crippen LogP) is 3.01. The molecule has 1 aromatic carbocycles. The summed E-state index contributed by atoms with van der Waals surface area (Å²) >= 11 is 5.77. The fourth-order valence-electron chi connectivity index (χ4n) is 1.82. The van der Waals surface area contributed by atoms with Gasteiger partial charge in [0, 0.05) is 17.0 Å². The molecule has 22 heavy (non-hydrogen) atoms. The van der Waals surface area contributed by atoms with Gasteiger partial charge >= 0.3 is 5.97 Å². The minimum absolute atomic E-state index is 0.0453. The van der Waals surface area contributed by atoms with Crippen LogP contribution in [0.4, 0.5) is 0 Å². The van der Waals surface area contributed by atoms with Crippen molar-refractivity contribution in [3.8, 4) is 0 Å². The van der Waals surface area contributed by atoms with E-state index in [4.69, 9.17) is 16.1 Å². The van der Waals surface area contributed by atoms with Crippen molar-refractivity contribution in [1.82, 2.24) is 10.5 Å². The zero-order valence-electron chi connectivity index (χ0n) is 12.0. The van der Waals surface area contributed by atoms with Gasteiger partial charge in [0.2, 0.25) is 0 Å². The molecule has 2 rings (SSSR count). The summed E-state index contributed by atoms with van der Waals surface area (Å²) < 4.78 is 5.03. The van der Waals surface area contributed by atoms with Gasteiger partial charge < -0.3 is 14.9 Å². The minimum atomic E-state index is -1.19. The molecular formula is C15H15ClN2O4. The Balaban J connectivity index is 2.18. The molecule has 116 valence electrons. The van der Waals surface area contributed by atoms with Crippen LogP contribution in [0.5, 0.6) is 0 Å². The van der Waals surface area contributed by atoms with Crippen LogP contribution in [0.3, 0.4) is 0 Å². The topological polar surface area (TPSA) is 92.4 Å². The number of nitrogens with zero attached hydrogens (tertiary/aromatic N) is 1. The molecule has 1 amide bonds. The van der Waals surface area contributed by atoms with Crippen molar-refractivity contribution in [2.45, 2.75) is 25.8 Å². The summed E-state index contributed by atoms with van der Waals surface area (Å²) in [5.74, 6) is -1.15. The number of carbonyl (C=O) groups excluding carboxylic acids is 1. The highest BCUT2D eigenvalue weighted by Crippen LogP contribution is 2.19. The molecule has 1 heterocycles. The molecule has 2 N–H and O–H groups in total. The first-order chi connectivity index (χ1) is 10.4. The number of hydrogen-bond acceptors (Lipinski definition) is 4. The van der Waals surface area contributed by atoms with Gasteiger partial charge in [-0.2, -0.15) is 0 Å². The second-order valence-corrected chi connectivity index (χ2v) is 5.50. The molecule has 0 spiro atoms. The summed E-state index contributed by atoms with van der Waals surface area (Å²) in [6, 6.07) is 6.52. The van der Waals surface area contributed by atoms with Gasteiger partial charge in [-0.25, -0.2) is 4.79 Å². The Labute approximate surface area is 132 Å². The van der Waals surface area contributed by atoms with Crippen LogP contribution in [0.2, 0.25) is 5.02 Å². The van der Waals surface area contributed by atoms with Gasteiger partial charge in [0.15, 0.2) is 11.7 Å². The van der Waals surface area contributed by atoms with E-state index in [1.165, 1.54) is 6.07 Å². The fourth-order valence-corrected chi connectivity index (χ4v) is 1.94. The van der Waals surface area contributed by atoms with Crippen LogP contribution < -0.4 is 5.32 Å². The summed E-state index contributed by atoms with van der Waals surface area (Å²) in [4.78, 5) is 23.5. The smallest absolute Gasteiger partial charge is 0.330 e. The van der Waals surface area contributed by atoms with Crippen LogP contribution in [0.15, 0.2) is 34.9 Å². The van der Waals surface area contributed by atoms with Gasteiger partial charge in [-0.1, -0.05) is 42.7 Å². The van der Waals surface area contributed by atoms with E-state index in [-0.39, 0.29) is 11.6 Å². The van der Waals surface area contributed by atoms with Crippen LogP contribution in [0, 0.1) is 0 Å². The van der Waals surface area contributed by atoms with Gasteiger partial charge in [-0.3, -0.25) is 4.79 Å². The molecule has 0 aliphatic carbocycles. The number of carboxylic acids is 1. The molecule has 1 unspecified atom stereocenters. The summed E-state index contributed by atoms with van der Waals surface area (Å²) in [6.07, 6.45) is 0. The molecule has 2 aromatic rings. The maximum absolute atomic E-state index is 12.1. The van der Waals surface area contributed by atoms with Gasteiger partial charge in [-0.15, -0.1) is 0 Å². The number of aliphatic carboxylic acids is 1. The first kappa shape index (κ1) is 16.0. The average Bonchev–Trinajstić information content (AvgIpc) is 2.95. The third kappa shape index (κ3) is 3.65. The van der Waals surface area contributed by atoms with Gasteiger partial charge in [-0.05, 0) is 17.7 Å². The number of rotatable bonds is 5. The van der Waals surface area contributed by atoms with Crippen LogP contribution >= 0.6 is 11.6 Å². The van der Waals surface area contributed by atoms with Crippen LogP contribution in [-0.2, 0) is 4.79 Å². The third-order valence-corrected chi connectivity index (χ3v) is 3.31. The molecule has 0 aliphatic heterocycles. The van der Waals surface area contributed by atoms with Gasteiger partial charge in [0.25, 0.3) is 5.91 Å². The van der Waals surface area contributed by atoms with Crippen molar-refractivity contribution in [3.05, 3.63) is 52.4 Å². The Bertz CT molecular complexity index is 679. The second kappa shape index (κ2) is 6.62. The number of nitrogens with one attached hydrogen (secondary N) is 1. The van der Waals surface area contributed by atoms with E-state index in [1.54, 1.807) is 24.3 Å². The first-order valence-electron chi connectivity index (χ1n) is 6.64. The van der Waals surface area contributed by atoms with E-state index in [1.807, 2.05) is 13.8 Å². The first-order valence-corrected chi connectivity index (χ1v) is 7.02. The molecule has 6 nitrogen and oxygen atoms in total. The van der Waals surface area contributed by atoms with Crippen LogP contribution in [0.25, 0.3) is 0 Å². The monoisotopic (exact) mass is 322 g/mol. The maximum Gasteiger partial charge on any atom is 0.330 e. The maximum atomic E-state index is 12.1. The van der Waals surface area contributed by atoms with E-state index >= 15 is 0 Å². The number of hydrogen-bond donors (Lipinski definition) is 2. The standard InChI is InChI=1S/C15H15ClN2O4/c1-8(2)12-7-11(18-22-12)14(19)17-13(15(20)21)9-3-5-10(16)6-4-9/h3-8,13H,1-2H3,(H,17,19)(H,20,21). The van der Waals surface area contributed by atoms with Crippen molar-refractivity contribution in [3.63, 3.8) is 0 Å². The van der Waals surface area contributed by atoms with E-state index in [0.717, 1.165) is 0 Å².